The molecule has 3 aliphatic heterocycles. The zero-order valence-electron chi connectivity index (χ0n) is 29.4. The molecule has 12 heteroatoms. The van der Waals surface area contributed by atoms with Crippen LogP contribution in [0.3, 0.4) is 0 Å². The molecule has 1 aromatic heterocycles. The summed E-state index contributed by atoms with van der Waals surface area (Å²) in [6.45, 7) is 4.44. The van der Waals surface area contributed by atoms with Gasteiger partial charge >= 0.3 is 0 Å². The fourth-order valence-corrected chi connectivity index (χ4v) is 7.77. The SMILES string of the molecule is COc1ccccc1N1CCN(C(=O)c2ccc(N3CC4CC(C3)c3cccc(=O)n3C4)c(NC(=O)c3cc(OC)c(OC)c(OC)c3)c2)CC1. The van der Waals surface area contributed by atoms with E-state index in [1.807, 2.05) is 58.0 Å². The Labute approximate surface area is 297 Å². The average molecular weight is 694 g/mol. The van der Waals surface area contributed by atoms with Gasteiger partial charge in [-0.15, -0.1) is 0 Å². The van der Waals surface area contributed by atoms with E-state index in [1.165, 1.54) is 21.3 Å². The molecule has 2 atom stereocenters. The van der Waals surface area contributed by atoms with Gasteiger partial charge in [0.1, 0.15) is 5.75 Å². The molecule has 2 fully saturated rings. The number of ether oxygens (including phenoxy) is 4. The third-order valence-corrected chi connectivity index (χ3v) is 10.2. The number of aromatic nitrogens is 1. The number of fused-ring (bicyclic) bond motifs is 4. The maximum Gasteiger partial charge on any atom is 0.255 e. The lowest BCUT2D eigenvalue weighted by Gasteiger charge is -2.44. The van der Waals surface area contributed by atoms with Gasteiger partial charge in [-0.2, -0.15) is 0 Å². The van der Waals surface area contributed by atoms with Crippen molar-refractivity contribution in [2.24, 2.45) is 5.92 Å². The first-order valence-electron chi connectivity index (χ1n) is 17.2. The standard InChI is InChI=1S/C39H43N5O7/c1-48-33-10-6-5-8-32(33)41-14-16-42(17-15-41)39(47)26-12-13-31(43-22-25-18-28(24-43)30-9-7-11-36(45)44(30)23-25)29(19-26)40-38(46)27-20-34(49-2)37(51-4)35(21-27)50-3/h5-13,19-21,25,28H,14-18,22-24H2,1-4H3,(H,40,46). The van der Waals surface area contributed by atoms with Crippen LogP contribution in [0.15, 0.2) is 77.6 Å². The molecule has 2 bridgehead atoms. The van der Waals surface area contributed by atoms with Crippen LogP contribution >= 0.6 is 0 Å². The Morgan fingerprint density at radius 2 is 1.41 bits per heavy atom. The van der Waals surface area contributed by atoms with Crippen molar-refractivity contribution in [1.82, 2.24) is 9.47 Å². The lowest BCUT2D eigenvalue weighted by Crippen LogP contribution is -2.49. The summed E-state index contributed by atoms with van der Waals surface area (Å²) in [4.78, 5) is 47.0. The fraction of sp³-hybridized carbons (Fsp3) is 0.359. The second-order valence-corrected chi connectivity index (χ2v) is 13.2. The molecule has 0 spiro atoms. The largest absolute Gasteiger partial charge is 0.495 e. The van der Waals surface area contributed by atoms with Crippen molar-refractivity contribution >= 4 is 28.9 Å². The maximum atomic E-state index is 14.0. The van der Waals surface area contributed by atoms with E-state index in [-0.39, 0.29) is 29.2 Å². The number of hydrogen-bond donors (Lipinski definition) is 1. The Morgan fingerprint density at radius 3 is 2.12 bits per heavy atom. The lowest BCUT2D eigenvalue weighted by molar-refractivity contribution is 0.0746. The number of para-hydroxylation sites is 2. The quantitative estimate of drug-likeness (QED) is 0.266. The second-order valence-electron chi connectivity index (χ2n) is 13.2. The van der Waals surface area contributed by atoms with Crippen molar-refractivity contribution in [3.63, 3.8) is 0 Å². The van der Waals surface area contributed by atoms with Gasteiger partial charge in [0, 0.05) is 74.6 Å². The van der Waals surface area contributed by atoms with Gasteiger partial charge in [-0.05, 0) is 60.9 Å². The molecule has 2 saturated heterocycles. The first-order chi connectivity index (χ1) is 24.8. The van der Waals surface area contributed by atoms with Gasteiger partial charge in [-0.3, -0.25) is 14.4 Å². The van der Waals surface area contributed by atoms with Crippen LogP contribution in [-0.2, 0) is 6.54 Å². The smallest absolute Gasteiger partial charge is 0.255 e. The minimum Gasteiger partial charge on any atom is -0.495 e. The molecule has 0 radical (unpaired) electrons. The van der Waals surface area contributed by atoms with Crippen LogP contribution in [-0.4, -0.2) is 89.0 Å². The van der Waals surface area contributed by atoms with Crippen molar-refractivity contribution in [3.8, 4) is 23.0 Å². The van der Waals surface area contributed by atoms with E-state index in [2.05, 4.69) is 15.1 Å². The molecule has 51 heavy (non-hydrogen) atoms. The van der Waals surface area contributed by atoms with Crippen LogP contribution in [0.1, 0.15) is 38.7 Å². The molecule has 3 aromatic carbocycles. The van der Waals surface area contributed by atoms with Gasteiger partial charge in [0.25, 0.3) is 17.4 Å². The van der Waals surface area contributed by atoms with Crippen LogP contribution in [0.25, 0.3) is 0 Å². The van der Waals surface area contributed by atoms with Crippen molar-refractivity contribution < 1.29 is 28.5 Å². The summed E-state index contributed by atoms with van der Waals surface area (Å²) in [7, 11) is 6.18. The fourth-order valence-electron chi connectivity index (χ4n) is 7.77. The normalized spacial score (nSPS) is 18.1. The van der Waals surface area contributed by atoms with E-state index < -0.39 is 0 Å². The molecule has 1 N–H and O–H groups in total. The van der Waals surface area contributed by atoms with Gasteiger partial charge in [-0.25, -0.2) is 0 Å². The molecule has 2 amide bonds. The van der Waals surface area contributed by atoms with E-state index in [0.717, 1.165) is 29.2 Å². The number of methoxy groups -OCH3 is 4. The number of hydrogen-bond acceptors (Lipinski definition) is 9. The molecule has 266 valence electrons. The van der Waals surface area contributed by atoms with Gasteiger partial charge in [0.15, 0.2) is 11.5 Å². The number of amides is 2. The van der Waals surface area contributed by atoms with Crippen LogP contribution < -0.4 is 39.6 Å². The predicted octanol–water partition coefficient (Wildman–Crippen LogP) is 4.72. The Balaban J connectivity index is 1.18. The summed E-state index contributed by atoms with van der Waals surface area (Å²) >= 11 is 0. The minimum atomic E-state index is -0.389. The summed E-state index contributed by atoms with van der Waals surface area (Å²) in [5.74, 6) is 1.83. The second kappa shape index (κ2) is 14.3. The monoisotopic (exact) mass is 693 g/mol. The molecule has 7 rings (SSSR count). The first-order valence-corrected chi connectivity index (χ1v) is 17.2. The Bertz CT molecular complexity index is 1980. The molecule has 12 nitrogen and oxygen atoms in total. The Hall–Kier alpha value is -5.65. The minimum absolute atomic E-state index is 0.0283. The van der Waals surface area contributed by atoms with E-state index in [4.69, 9.17) is 18.9 Å². The van der Waals surface area contributed by atoms with Gasteiger partial charge in [0.05, 0.1) is 45.5 Å². The number of piperazine rings is 1. The predicted molar refractivity (Wildman–Crippen MR) is 195 cm³/mol. The number of rotatable bonds is 9. The van der Waals surface area contributed by atoms with Crippen LogP contribution in [0.4, 0.5) is 17.1 Å². The third kappa shape index (κ3) is 6.53. The number of nitrogens with zero attached hydrogens (tertiary/aromatic N) is 4. The van der Waals surface area contributed by atoms with E-state index >= 15 is 0 Å². The third-order valence-electron chi connectivity index (χ3n) is 10.2. The highest BCUT2D eigenvalue weighted by Gasteiger charge is 2.36. The molecule has 0 saturated carbocycles. The zero-order valence-corrected chi connectivity index (χ0v) is 29.4. The van der Waals surface area contributed by atoms with Crippen LogP contribution in [0, 0.1) is 5.92 Å². The number of nitrogens with one attached hydrogen (secondary N) is 1. The van der Waals surface area contributed by atoms with Gasteiger partial charge in [0.2, 0.25) is 5.75 Å². The number of piperidine rings is 1. The Kier molecular flexibility index (Phi) is 9.48. The number of pyridine rings is 1. The summed E-state index contributed by atoms with van der Waals surface area (Å²) < 4.78 is 23.9. The molecular formula is C39H43N5O7. The summed E-state index contributed by atoms with van der Waals surface area (Å²) in [6, 6.07) is 22.2. The van der Waals surface area contributed by atoms with Crippen molar-refractivity contribution in [3.05, 3.63) is 100.0 Å². The molecule has 2 unspecified atom stereocenters. The molecular weight excluding hydrogens is 650 g/mol. The highest BCUT2D eigenvalue weighted by molar-refractivity contribution is 6.08. The van der Waals surface area contributed by atoms with E-state index in [1.54, 1.807) is 31.4 Å². The molecule has 4 heterocycles. The topological polar surface area (TPSA) is 115 Å². The van der Waals surface area contributed by atoms with Crippen LogP contribution in [0.5, 0.6) is 23.0 Å². The summed E-state index contributed by atoms with van der Waals surface area (Å²) in [5.41, 5.74) is 4.20. The highest BCUT2D eigenvalue weighted by Crippen LogP contribution is 2.41. The molecule has 3 aliphatic rings. The lowest BCUT2D eigenvalue weighted by atomic mass is 9.83. The van der Waals surface area contributed by atoms with Crippen molar-refractivity contribution in [2.75, 3.05) is 82.8 Å². The van der Waals surface area contributed by atoms with Gasteiger partial charge in [-0.1, -0.05) is 18.2 Å². The summed E-state index contributed by atoms with van der Waals surface area (Å²) in [5, 5.41) is 3.12. The van der Waals surface area contributed by atoms with Crippen molar-refractivity contribution in [1.29, 1.82) is 0 Å². The summed E-state index contributed by atoms with van der Waals surface area (Å²) in [6.07, 6.45) is 0.991. The van der Waals surface area contributed by atoms with Crippen LogP contribution in [0.2, 0.25) is 0 Å². The van der Waals surface area contributed by atoms with E-state index in [0.29, 0.717) is 79.9 Å². The first kappa shape index (κ1) is 33.8. The number of anilines is 3. The number of benzene rings is 3. The zero-order chi connectivity index (χ0) is 35.6. The number of carbonyl (C=O) groups excluding carboxylic acids is 2. The molecule has 0 aliphatic carbocycles. The molecule has 4 aromatic rings. The number of carbonyl (C=O) groups is 2. The highest BCUT2D eigenvalue weighted by atomic mass is 16.5. The van der Waals surface area contributed by atoms with Crippen molar-refractivity contribution in [2.45, 2.75) is 18.9 Å². The Morgan fingerprint density at radius 1 is 0.686 bits per heavy atom. The average Bonchev–Trinajstić information content (AvgIpc) is 3.17. The van der Waals surface area contributed by atoms with E-state index in [9.17, 15) is 14.4 Å². The maximum absolute atomic E-state index is 14.0. The van der Waals surface area contributed by atoms with Gasteiger partial charge < -0.3 is 43.5 Å².